The summed E-state index contributed by atoms with van der Waals surface area (Å²) in [6.45, 7) is 10.4. The van der Waals surface area contributed by atoms with Crippen LogP contribution >= 0.6 is 0 Å². The molecule has 12 heteroatoms. The van der Waals surface area contributed by atoms with E-state index in [9.17, 15) is 18.5 Å². The minimum atomic E-state index is -4.18. The molecule has 0 aliphatic heterocycles. The summed E-state index contributed by atoms with van der Waals surface area (Å²) in [4.78, 5) is 22.6. The normalized spacial score (nSPS) is 12.3. The van der Waals surface area contributed by atoms with Crippen LogP contribution in [0.2, 0.25) is 0 Å². The first-order chi connectivity index (χ1) is 26.4. The van der Waals surface area contributed by atoms with Crippen molar-refractivity contribution in [2.75, 3.05) is 0 Å². The van der Waals surface area contributed by atoms with Crippen molar-refractivity contribution in [2.45, 2.75) is 39.3 Å². The predicted molar refractivity (Wildman–Crippen MR) is 213 cm³/mol. The van der Waals surface area contributed by atoms with Gasteiger partial charge in [-0.2, -0.15) is 23.9 Å². The van der Waals surface area contributed by atoms with Gasteiger partial charge in [-0.1, -0.05) is 85.5 Å². The first kappa shape index (κ1) is 38.1. The molecule has 0 unspecified atom stereocenters. The lowest BCUT2D eigenvalue weighted by Crippen LogP contribution is -2.18. The minimum absolute atomic E-state index is 0.0701. The number of hydrogen-bond donors (Lipinski definition) is 1. The Morgan fingerprint density at radius 3 is 2.40 bits per heavy atom. The van der Waals surface area contributed by atoms with E-state index < -0.39 is 15.7 Å². The lowest BCUT2D eigenvalue weighted by molar-refractivity contribution is 0.103. The van der Waals surface area contributed by atoms with Gasteiger partial charge in [-0.15, -0.1) is 0 Å². The molecule has 276 valence electrons. The summed E-state index contributed by atoms with van der Waals surface area (Å²) in [5, 5.41) is 19.7. The molecule has 2 heterocycles. The molecule has 0 amide bonds. The van der Waals surface area contributed by atoms with Crippen LogP contribution in [0.3, 0.4) is 0 Å². The molecule has 6 aromatic rings. The zero-order chi connectivity index (χ0) is 39.2. The summed E-state index contributed by atoms with van der Waals surface area (Å²) >= 11 is 0. The Hall–Kier alpha value is -6.68. The standard InChI is InChI=1S/C43H39N7O4S/c1-5-30(20-32(6-2)35-15-11-17-39(25-35)54-55(45,52)53)26-49-19-18-46-41(49)42-47-29-48-50(42)27-31-21-37(24-38(22-31)43(3,4)28-44)34-14-10-16-36(23-34)40(51)33-12-8-7-9-13-33/h5-25,29H,1,26-27H2,2-4H3,(H2,45,52,53)/b30-20+,32-6+. The number of benzene rings is 4. The summed E-state index contributed by atoms with van der Waals surface area (Å²) in [6, 6.07) is 31.8. The number of allylic oxidation sites excluding steroid dienone is 5. The maximum absolute atomic E-state index is 13.3. The van der Waals surface area contributed by atoms with Gasteiger partial charge in [0.05, 0.1) is 18.0 Å². The number of aromatic nitrogens is 5. The molecule has 0 saturated heterocycles. The van der Waals surface area contributed by atoms with Crippen LogP contribution in [0.5, 0.6) is 5.75 Å². The Morgan fingerprint density at radius 2 is 1.67 bits per heavy atom. The van der Waals surface area contributed by atoms with Crippen LogP contribution in [-0.2, 0) is 28.8 Å². The van der Waals surface area contributed by atoms with Gasteiger partial charge in [-0.25, -0.2) is 14.6 Å². The molecular formula is C43H39N7O4S. The van der Waals surface area contributed by atoms with Crippen molar-refractivity contribution in [3.63, 3.8) is 0 Å². The van der Waals surface area contributed by atoms with Crippen LogP contribution in [0, 0.1) is 11.3 Å². The minimum Gasteiger partial charge on any atom is -0.371 e. The van der Waals surface area contributed by atoms with Gasteiger partial charge in [-0.3, -0.25) is 4.79 Å². The third-order valence-electron chi connectivity index (χ3n) is 9.00. The van der Waals surface area contributed by atoms with E-state index in [-0.39, 0.29) is 11.5 Å². The lowest BCUT2D eigenvalue weighted by Gasteiger charge is -2.19. The number of carbonyl (C=O) groups excluding carboxylic acids is 1. The molecule has 0 radical (unpaired) electrons. The van der Waals surface area contributed by atoms with Crippen LogP contribution in [0.25, 0.3) is 28.3 Å². The van der Waals surface area contributed by atoms with E-state index >= 15 is 0 Å². The topological polar surface area (TPSA) is 159 Å². The third-order valence-corrected chi connectivity index (χ3v) is 9.42. The second kappa shape index (κ2) is 16.1. The van der Waals surface area contributed by atoms with Gasteiger partial charge in [0.25, 0.3) is 0 Å². The lowest BCUT2D eigenvalue weighted by atomic mass is 9.83. The molecule has 0 atom stereocenters. The van der Waals surface area contributed by atoms with Gasteiger partial charge >= 0.3 is 10.3 Å². The van der Waals surface area contributed by atoms with Crippen molar-refractivity contribution in [1.29, 1.82) is 5.26 Å². The van der Waals surface area contributed by atoms with Crippen molar-refractivity contribution >= 4 is 21.7 Å². The fourth-order valence-corrected chi connectivity index (χ4v) is 6.47. The van der Waals surface area contributed by atoms with Crippen molar-refractivity contribution in [3.8, 4) is 34.6 Å². The molecular weight excluding hydrogens is 711 g/mol. The van der Waals surface area contributed by atoms with E-state index in [1.807, 2.05) is 110 Å². The number of imidazole rings is 1. The van der Waals surface area contributed by atoms with E-state index in [4.69, 9.17) is 9.32 Å². The summed E-state index contributed by atoms with van der Waals surface area (Å²) in [5.74, 6) is 1.15. The van der Waals surface area contributed by atoms with E-state index in [0.717, 1.165) is 39.0 Å². The molecule has 2 aromatic heterocycles. The Bertz CT molecular complexity index is 2590. The monoisotopic (exact) mass is 749 g/mol. The van der Waals surface area contributed by atoms with Crippen molar-refractivity contribution in [2.24, 2.45) is 5.14 Å². The Balaban J connectivity index is 1.30. The SMILES string of the molecule is C=C/C(=C\C(=C/C)c1cccc(OS(N)(=O)=O)c1)Cn1ccnc1-c1ncnn1Cc1cc(-c2cccc(C(=O)c3ccccc3)c2)cc(C(C)(C)C#N)c1. The van der Waals surface area contributed by atoms with Crippen LogP contribution in [-0.4, -0.2) is 38.5 Å². The van der Waals surface area contributed by atoms with Crippen LogP contribution in [0.4, 0.5) is 0 Å². The molecule has 0 fully saturated rings. The van der Waals surface area contributed by atoms with E-state index in [1.54, 1.807) is 41.2 Å². The summed E-state index contributed by atoms with van der Waals surface area (Å²) < 4.78 is 31.6. The summed E-state index contributed by atoms with van der Waals surface area (Å²) in [7, 11) is -4.18. The number of rotatable bonds is 14. The van der Waals surface area contributed by atoms with Gasteiger partial charge < -0.3 is 8.75 Å². The van der Waals surface area contributed by atoms with E-state index in [1.165, 1.54) is 12.4 Å². The summed E-state index contributed by atoms with van der Waals surface area (Å²) in [6.07, 6.45) is 10.6. The number of nitrogens with two attached hydrogens (primary N) is 1. The molecule has 0 aliphatic rings. The van der Waals surface area contributed by atoms with Crippen molar-refractivity contribution in [1.82, 2.24) is 24.3 Å². The van der Waals surface area contributed by atoms with Crippen molar-refractivity contribution in [3.05, 3.63) is 174 Å². The Labute approximate surface area is 320 Å². The van der Waals surface area contributed by atoms with Crippen molar-refractivity contribution < 1.29 is 17.4 Å². The highest BCUT2D eigenvalue weighted by Gasteiger charge is 2.23. The highest BCUT2D eigenvalue weighted by Crippen LogP contribution is 2.31. The number of ketones is 1. The zero-order valence-corrected chi connectivity index (χ0v) is 31.4. The number of hydrogen-bond acceptors (Lipinski definition) is 8. The Morgan fingerprint density at radius 1 is 0.927 bits per heavy atom. The fourth-order valence-electron chi connectivity index (χ4n) is 6.10. The van der Waals surface area contributed by atoms with Gasteiger partial charge in [0.2, 0.25) is 0 Å². The molecule has 55 heavy (non-hydrogen) atoms. The highest BCUT2D eigenvalue weighted by molar-refractivity contribution is 7.84. The average Bonchev–Trinajstić information content (AvgIpc) is 3.84. The first-order valence-electron chi connectivity index (χ1n) is 17.3. The third kappa shape index (κ3) is 9.10. The molecule has 0 spiro atoms. The smallest absolute Gasteiger partial charge is 0.371 e. The van der Waals surface area contributed by atoms with Gasteiger partial charge in [0.1, 0.15) is 12.1 Å². The maximum Gasteiger partial charge on any atom is 0.380 e. The van der Waals surface area contributed by atoms with Crippen LogP contribution in [0.1, 0.15) is 53.4 Å². The quantitative estimate of drug-likeness (QED) is 0.0877. The van der Waals surface area contributed by atoms with Gasteiger partial charge in [-0.05, 0) is 96.1 Å². The van der Waals surface area contributed by atoms with Crippen LogP contribution in [0.15, 0.2) is 146 Å². The Kier molecular flexibility index (Phi) is 11.2. The van der Waals surface area contributed by atoms with E-state index in [2.05, 4.69) is 27.7 Å². The molecule has 0 bridgehead atoms. The second-order valence-electron chi connectivity index (χ2n) is 13.3. The molecule has 2 N–H and O–H groups in total. The molecule has 6 rings (SSSR count). The number of nitriles is 1. The molecule has 11 nitrogen and oxygen atoms in total. The molecule has 0 aliphatic carbocycles. The number of nitrogens with zero attached hydrogens (tertiary/aromatic N) is 6. The molecule has 4 aromatic carbocycles. The predicted octanol–water partition coefficient (Wildman–Crippen LogP) is 7.69. The van der Waals surface area contributed by atoms with E-state index in [0.29, 0.717) is 35.9 Å². The summed E-state index contributed by atoms with van der Waals surface area (Å²) in [5.41, 5.74) is 6.20. The fraction of sp³-hybridized carbons (Fsp3) is 0.140. The van der Waals surface area contributed by atoms with Gasteiger partial charge in [0.15, 0.2) is 17.4 Å². The average molecular weight is 750 g/mol. The highest BCUT2D eigenvalue weighted by atomic mass is 32.2. The first-order valence-corrected chi connectivity index (χ1v) is 18.8. The largest absolute Gasteiger partial charge is 0.380 e. The zero-order valence-electron chi connectivity index (χ0n) is 30.6. The van der Waals surface area contributed by atoms with Gasteiger partial charge in [0, 0.05) is 30.1 Å². The maximum atomic E-state index is 13.3. The number of carbonyl (C=O) groups is 1. The second-order valence-corrected chi connectivity index (χ2v) is 14.5. The molecule has 0 saturated carbocycles. The van der Waals surface area contributed by atoms with Crippen LogP contribution < -0.4 is 9.32 Å².